The third kappa shape index (κ3) is 3.49. The van der Waals surface area contributed by atoms with Crippen molar-refractivity contribution in [1.29, 1.82) is 0 Å². The summed E-state index contributed by atoms with van der Waals surface area (Å²) in [5.74, 6) is 1.53. The molecular formula is C17H20ClNO2. The Balaban J connectivity index is 2.45. The summed E-state index contributed by atoms with van der Waals surface area (Å²) in [6.45, 7) is 2.92. The maximum Gasteiger partial charge on any atom is 0.137 e. The topological polar surface area (TPSA) is 30.5 Å². The molecule has 0 aromatic heterocycles. The van der Waals surface area contributed by atoms with Gasteiger partial charge in [0.2, 0.25) is 0 Å². The van der Waals surface area contributed by atoms with E-state index < -0.39 is 0 Å². The second kappa shape index (κ2) is 7.34. The average Bonchev–Trinajstić information content (AvgIpc) is 2.52. The summed E-state index contributed by atoms with van der Waals surface area (Å²) < 4.78 is 10.7. The fraction of sp³-hybridized carbons (Fsp3) is 0.294. The van der Waals surface area contributed by atoms with Crippen molar-refractivity contribution in [2.24, 2.45) is 0 Å². The second-order valence-corrected chi connectivity index (χ2v) is 5.03. The molecule has 21 heavy (non-hydrogen) atoms. The molecule has 0 aliphatic carbocycles. The van der Waals surface area contributed by atoms with Gasteiger partial charge in [-0.3, -0.25) is 0 Å². The molecule has 0 amide bonds. The number of ether oxygens (including phenoxy) is 2. The number of rotatable bonds is 6. The number of nitrogens with one attached hydrogen (secondary N) is 1. The predicted molar refractivity (Wildman–Crippen MR) is 86.5 cm³/mol. The largest absolute Gasteiger partial charge is 0.496 e. The Labute approximate surface area is 130 Å². The Kier molecular flexibility index (Phi) is 5.48. The van der Waals surface area contributed by atoms with Crippen LogP contribution in [-0.2, 0) is 0 Å². The van der Waals surface area contributed by atoms with Gasteiger partial charge in [0, 0.05) is 5.56 Å². The minimum atomic E-state index is 0.0227. The molecule has 0 aliphatic heterocycles. The number of hydrogen-bond donors (Lipinski definition) is 1. The van der Waals surface area contributed by atoms with Crippen LogP contribution in [0.3, 0.4) is 0 Å². The van der Waals surface area contributed by atoms with Crippen molar-refractivity contribution in [2.45, 2.75) is 13.0 Å². The lowest BCUT2D eigenvalue weighted by molar-refractivity contribution is 0.404. The van der Waals surface area contributed by atoms with E-state index in [2.05, 4.69) is 18.3 Å². The maximum absolute atomic E-state index is 6.25. The monoisotopic (exact) mass is 305 g/mol. The van der Waals surface area contributed by atoms with Crippen LogP contribution in [0.1, 0.15) is 24.1 Å². The Bertz CT molecular complexity index is 601. The van der Waals surface area contributed by atoms with Gasteiger partial charge in [-0.25, -0.2) is 0 Å². The Morgan fingerprint density at radius 3 is 2.38 bits per heavy atom. The molecule has 0 radical (unpaired) electrons. The third-order valence-electron chi connectivity index (χ3n) is 3.37. The van der Waals surface area contributed by atoms with Crippen LogP contribution in [0.5, 0.6) is 11.5 Å². The highest BCUT2D eigenvalue weighted by molar-refractivity contribution is 6.32. The lowest BCUT2D eigenvalue weighted by atomic mass is 9.97. The van der Waals surface area contributed by atoms with E-state index in [0.717, 1.165) is 23.4 Å². The van der Waals surface area contributed by atoms with Gasteiger partial charge in [-0.1, -0.05) is 42.8 Å². The molecule has 0 aliphatic rings. The van der Waals surface area contributed by atoms with Crippen LogP contribution in [0.25, 0.3) is 0 Å². The van der Waals surface area contributed by atoms with Crippen molar-refractivity contribution >= 4 is 11.6 Å². The lowest BCUT2D eigenvalue weighted by Crippen LogP contribution is -2.22. The first-order chi connectivity index (χ1) is 10.2. The normalized spacial score (nSPS) is 12.0. The first-order valence-electron chi connectivity index (χ1n) is 6.91. The van der Waals surface area contributed by atoms with E-state index in [9.17, 15) is 0 Å². The van der Waals surface area contributed by atoms with E-state index >= 15 is 0 Å². The van der Waals surface area contributed by atoms with Gasteiger partial charge in [-0.05, 0) is 30.3 Å². The smallest absolute Gasteiger partial charge is 0.137 e. The van der Waals surface area contributed by atoms with Crippen molar-refractivity contribution in [1.82, 2.24) is 5.32 Å². The summed E-state index contributed by atoms with van der Waals surface area (Å²) in [6, 6.07) is 13.9. The van der Waals surface area contributed by atoms with Crippen LogP contribution >= 0.6 is 11.6 Å². The van der Waals surface area contributed by atoms with Gasteiger partial charge < -0.3 is 14.8 Å². The summed E-state index contributed by atoms with van der Waals surface area (Å²) in [6.07, 6.45) is 0. The number of halogens is 1. The van der Waals surface area contributed by atoms with E-state index in [1.165, 1.54) is 0 Å². The van der Waals surface area contributed by atoms with Gasteiger partial charge in [0.1, 0.15) is 11.5 Å². The van der Waals surface area contributed by atoms with Crippen LogP contribution < -0.4 is 14.8 Å². The molecule has 112 valence electrons. The van der Waals surface area contributed by atoms with E-state index in [1.54, 1.807) is 14.2 Å². The summed E-state index contributed by atoms with van der Waals surface area (Å²) in [5, 5.41) is 4.08. The summed E-state index contributed by atoms with van der Waals surface area (Å²) in [4.78, 5) is 0. The lowest BCUT2D eigenvalue weighted by Gasteiger charge is -2.21. The molecule has 1 atom stereocenters. The van der Waals surface area contributed by atoms with Crippen molar-refractivity contribution in [3.05, 3.63) is 58.6 Å². The number of benzene rings is 2. The number of methoxy groups -OCH3 is 2. The fourth-order valence-corrected chi connectivity index (χ4v) is 2.64. The molecule has 3 nitrogen and oxygen atoms in total. The molecule has 4 heteroatoms. The van der Waals surface area contributed by atoms with E-state index in [4.69, 9.17) is 21.1 Å². The zero-order valence-electron chi connectivity index (χ0n) is 12.5. The summed E-state index contributed by atoms with van der Waals surface area (Å²) in [5.41, 5.74) is 2.16. The first-order valence-corrected chi connectivity index (χ1v) is 7.28. The third-order valence-corrected chi connectivity index (χ3v) is 3.66. The minimum Gasteiger partial charge on any atom is -0.496 e. The molecule has 0 saturated heterocycles. The zero-order chi connectivity index (χ0) is 15.2. The molecule has 0 fully saturated rings. The molecule has 0 bridgehead atoms. The molecule has 2 rings (SSSR count). The fourth-order valence-electron chi connectivity index (χ4n) is 2.38. The van der Waals surface area contributed by atoms with Gasteiger partial charge in [-0.2, -0.15) is 0 Å². The molecule has 0 heterocycles. The highest BCUT2D eigenvalue weighted by Crippen LogP contribution is 2.33. The second-order valence-electron chi connectivity index (χ2n) is 4.63. The molecule has 1 unspecified atom stereocenters. The Morgan fingerprint density at radius 1 is 1.05 bits per heavy atom. The van der Waals surface area contributed by atoms with Crippen LogP contribution in [0.2, 0.25) is 5.02 Å². The van der Waals surface area contributed by atoms with E-state index in [-0.39, 0.29) is 6.04 Å². The van der Waals surface area contributed by atoms with Crippen LogP contribution in [0.4, 0.5) is 0 Å². The summed E-state index contributed by atoms with van der Waals surface area (Å²) in [7, 11) is 3.30. The average molecular weight is 306 g/mol. The van der Waals surface area contributed by atoms with Crippen molar-refractivity contribution in [3.8, 4) is 11.5 Å². The van der Waals surface area contributed by atoms with Crippen molar-refractivity contribution in [2.75, 3.05) is 20.8 Å². The Hall–Kier alpha value is -1.71. The quantitative estimate of drug-likeness (QED) is 0.873. The van der Waals surface area contributed by atoms with Crippen LogP contribution in [0, 0.1) is 0 Å². The van der Waals surface area contributed by atoms with Gasteiger partial charge in [-0.15, -0.1) is 0 Å². The first kappa shape index (κ1) is 15.7. The number of hydrogen-bond acceptors (Lipinski definition) is 3. The molecular weight excluding hydrogens is 286 g/mol. The standard InChI is InChI=1S/C17H20ClNO2/c1-4-19-17(13-7-5-6-8-15(13)20-2)12-9-10-16(21-3)14(18)11-12/h5-11,17,19H,4H2,1-3H3. The highest BCUT2D eigenvalue weighted by Gasteiger charge is 2.18. The van der Waals surface area contributed by atoms with Crippen molar-refractivity contribution in [3.63, 3.8) is 0 Å². The van der Waals surface area contributed by atoms with E-state index in [1.807, 2.05) is 36.4 Å². The van der Waals surface area contributed by atoms with Crippen LogP contribution in [0.15, 0.2) is 42.5 Å². The SMILES string of the molecule is CCNC(c1ccc(OC)c(Cl)c1)c1ccccc1OC. The van der Waals surface area contributed by atoms with Gasteiger partial charge >= 0.3 is 0 Å². The summed E-state index contributed by atoms with van der Waals surface area (Å²) >= 11 is 6.25. The van der Waals surface area contributed by atoms with Crippen molar-refractivity contribution < 1.29 is 9.47 Å². The van der Waals surface area contributed by atoms with Crippen LogP contribution in [-0.4, -0.2) is 20.8 Å². The zero-order valence-corrected chi connectivity index (χ0v) is 13.3. The predicted octanol–water partition coefficient (Wildman–Crippen LogP) is 4.06. The highest BCUT2D eigenvalue weighted by atomic mass is 35.5. The van der Waals surface area contributed by atoms with Gasteiger partial charge in [0.15, 0.2) is 0 Å². The molecule has 2 aromatic rings. The maximum atomic E-state index is 6.25. The minimum absolute atomic E-state index is 0.0227. The Morgan fingerprint density at radius 2 is 1.76 bits per heavy atom. The molecule has 2 aromatic carbocycles. The molecule has 0 saturated carbocycles. The van der Waals surface area contributed by atoms with Gasteiger partial charge in [0.05, 0.1) is 25.3 Å². The van der Waals surface area contributed by atoms with E-state index in [0.29, 0.717) is 10.8 Å². The van der Waals surface area contributed by atoms with Gasteiger partial charge in [0.25, 0.3) is 0 Å². The molecule has 0 spiro atoms. The number of para-hydroxylation sites is 1. The molecule has 1 N–H and O–H groups in total.